The van der Waals surface area contributed by atoms with Crippen molar-refractivity contribution in [2.75, 3.05) is 12.0 Å². The first-order valence-corrected chi connectivity index (χ1v) is 6.32. The molecule has 10 heteroatoms. The number of aromatic nitrogens is 1. The molecule has 24 heavy (non-hydrogen) atoms. The molecule has 0 saturated carbocycles. The summed E-state index contributed by atoms with van der Waals surface area (Å²) in [7, 11) is 0. The van der Waals surface area contributed by atoms with Gasteiger partial charge in [0.2, 0.25) is 11.6 Å². The molecule has 0 bridgehead atoms. The Labute approximate surface area is 132 Å². The van der Waals surface area contributed by atoms with Crippen LogP contribution in [0.4, 0.5) is 23.2 Å². The lowest BCUT2D eigenvalue weighted by Crippen LogP contribution is -2.09. The third-order valence-corrected chi connectivity index (χ3v) is 2.63. The number of rotatable bonds is 6. The van der Waals surface area contributed by atoms with Crippen molar-refractivity contribution in [3.63, 3.8) is 0 Å². The summed E-state index contributed by atoms with van der Waals surface area (Å²) in [4.78, 5) is 12.8. The number of nitrogens with zero attached hydrogens (tertiary/aromatic N) is 2. The van der Waals surface area contributed by atoms with E-state index in [2.05, 4.69) is 10.1 Å². The van der Waals surface area contributed by atoms with Gasteiger partial charge in [-0.3, -0.25) is 5.43 Å². The highest BCUT2D eigenvalue weighted by molar-refractivity contribution is 5.80. The van der Waals surface area contributed by atoms with E-state index in [9.17, 15) is 22.4 Å². The lowest BCUT2D eigenvalue weighted by atomic mass is 10.2. The highest BCUT2D eigenvalue weighted by atomic mass is 19.2. The Hall–Kier alpha value is -3.17. The summed E-state index contributed by atoms with van der Waals surface area (Å²) < 4.78 is 57.4. The maximum Gasteiger partial charge on any atom is 0.341 e. The molecule has 2 rings (SSSR count). The van der Waals surface area contributed by atoms with E-state index in [1.54, 1.807) is 0 Å². The second-order valence-electron chi connectivity index (χ2n) is 4.32. The van der Waals surface area contributed by atoms with Crippen LogP contribution in [0.2, 0.25) is 0 Å². The Morgan fingerprint density at radius 2 is 1.75 bits per heavy atom. The Kier molecular flexibility index (Phi) is 5.30. The van der Waals surface area contributed by atoms with Crippen molar-refractivity contribution in [1.29, 1.82) is 0 Å². The van der Waals surface area contributed by atoms with Crippen molar-refractivity contribution in [1.82, 2.24) is 4.98 Å². The van der Waals surface area contributed by atoms with Crippen LogP contribution in [0.5, 0.6) is 5.75 Å². The average Bonchev–Trinajstić information content (AvgIpc) is 2.55. The number of nitrogens with one attached hydrogen (secondary N) is 1. The zero-order valence-corrected chi connectivity index (χ0v) is 11.8. The number of hydrazone groups is 1. The molecule has 0 spiro atoms. The number of carboxylic acid groups (broad SMARTS) is 1. The van der Waals surface area contributed by atoms with E-state index in [4.69, 9.17) is 9.84 Å². The highest BCUT2D eigenvalue weighted by Gasteiger charge is 2.20. The summed E-state index contributed by atoms with van der Waals surface area (Å²) in [6.07, 6.45) is 1.12. The number of benzene rings is 1. The van der Waals surface area contributed by atoms with Gasteiger partial charge in [-0.2, -0.15) is 27.6 Å². The number of pyridine rings is 1. The van der Waals surface area contributed by atoms with E-state index >= 15 is 0 Å². The lowest BCUT2D eigenvalue weighted by Gasteiger charge is -2.05. The van der Waals surface area contributed by atoms with Gasteiger partial charge >= 0.3 is 5.97 Å². The number of carbonyl (C=O) groups is 1. The van der Waals surface area contributed by atoms with E-state index in [0.717, 1.165) is 6.21 Å². The molecule has 0 amide bonds. The van der Waals surface area contributed by atoms with Crippen molar-refractivity contribution in [3.8, 4) is 5.75 Å². The van der Waals surface area contributed by atoms with Gasteiger partial charge in [0.1, 0.15) is 11.4 Å². The van der Waals surface area contributed by atoms with E-state index in [-0.39, 0.29) is 5.75 Å². The smallest absolute Gasteiger partial charge is 0.341 e. The van der Waals surface area contributed by atoms with E-state index in [1.807, 2.05) is 5.43 Å². The molecule has 0 saturated heterocycles. The molecule has 1 heterocycles. The molecule has 0 atom stereocenters. The molecule has 0 aliphatic heterocycles. The zero-order chi connectivity index (χ0) is 17.7. The predicted molar refractivity (Wildman–Crippen MR) is 74.9 cm³/mol. The molecule has 0 fully saturated rings. The van der Waals surface area contributed by atoms with Gasteiger partial charge < -0.3 is 9.84 Å². The van der Waals surface area contributed by atoms with Crippen molar-refractivity contribution < 1.29 is 32.2 Å². The zero-order valence-electron chi connectivity index (χ0n) is 11.8. The van der Waals surface area contributed by atoms with Crippen molar-refractivity contribution in [2.24, 2.45) is 5.10 Å². The fourth-order valence-electron chi connectivity index (χ4n) is 1.55. The molecule has 2 aromatic rings. The normalized spacial score (nSPS) is 10.8. The number of anilines is 1. The molecule has 2 N–H and O–H groups in total. The first-order valence-electron chi connectivity index (χ1n) is 6.32. The molecule has 1 aromatic carbocycles. The summed E-state index contributed by atoms with van der Waals surface area (Å²) in [5.74, 6) is -7.85. The van der Waals surface area contributed by atoms with Gasteiger partial charge in [-0.05, 0) is 29.8 Å². The standard InChI is InChI=1S/C14H9F4N3O3/c15-10-12(11(16)14(18)20-13(10)17)21-19-5-7-1-3-8(4-2-7)24-6-9(22)23/h1-5H,6H2,(H,20,21)(H,22,23)/b19-5-. The molecule has 1 aromatic heterocycles. The maximum atomic E-state index is 13.3. The summed E-state index contributed by atoms with van der Waals surface area (Å²) in [6, 6.07) is 5.83. The predicted octanol–water partition coefficient (Wildman–Crippen LogP) is 2.55. The highest BCUT2D eigenvalue weighted by Crippen LogP contribution is 2.21. The van der Waals surface area contributed by atoms with Gasteiger partial charge in [0.05, 0.1) is 6.21 Å². The SMILES string of the molecule is O=C(O)COc1ccc(/C=N\Nc2c(F)c(F)nc(F)c2F)cc1. The molecule has 6 nitrogen and oxygen atoms in total. The maximum absolute atomic E-state index is 13.3. The Morgan fingerprint density at radius 3 is 2.29 bits per heavy atom. The number of halogens is 4. The average molecular weight is 343 g/mol. The van der Waals surface area contributed by atoms with E-state index in [0.29, 0.717) is 5.56 Å². The molecule has 0 unspecified atom stereocenters. The molecule has 0 aliphatic rings. The minimum absolute atomic E-state index is 0.290. The van der Waals surface area contributed by atoms with Crippen molar-refractivity contribution >= 4 is 17.9 Å². The molecular weight excluding hydrogens is 334 g/mol. The summed E-state index contributed by atoms with van der Waals surface area (Å²) in [5, 5.41) is 11.9. The Balaban J connectivity index is 2.06. The van der Waals surface area contributed by atoms with E-state index < -0.39 is 41.8 Å². The first-order chi connectivity index (χ1) is 11.4. The first kappa shape index (κ1) is 17.2. The van der Waals surface area contributed by atoms with Gasteiger partial charge in [0, 0.05) is 0 Å². The van der Waals surface area contributed by atoms with Crippen LogP contribution in [0.3, 0.4) is 0 Å². The number of aliphatic carboxylic acids is 1. The lowest BCUT2D eigenvalue weighted by molar-refractivity contribution is -0.139. The van der Waals surface area contributed by atoms with Crippen LogP contribution < -0.4 is 10.2 Å². The van der Waals surface area contributed by atoms with Crippen LogP contribution in [-0.4, -0.2) is 28.9 Å². The molecule has 126 valence electrons. The van der Waals surface area contributed by atoms with Gasteiger partial charge in [-0.1, -0.05) is 0 Å². The minimum Gasteiger partial charge on any atom is -0.482 e. The van der Waals surface area contributed by atoms with Crippen LogP contribution in [0, 0.1) is 23.5 Å². The van der Waals surface area contributed by atoms with Gasteiger partial charge in [0.25, 0.3) is 11.9 Å². The van der Waals surface area contributed by atoms with Crippen LogP contribution in [0.1, 0.15) is 5.56 Å². The monoisotopic (exact) mass is 343 g/mol. The van der Waals surface area contributed by atoms with Crippen LogP contribution in [0.15, 0.2) is 29.4 Å². The minimum atomic E-state index is -1.80. The van der Waals surface area contributed by atoms with Crippen molar-refractivity contribution in [3.05, 3.63) is 53.4 Å². The molecule has 0 aliphatic carbocycles. The number of hydrogen-bond acceptors (Lipinski definition) is 5. The number of carboxylic acids is 1. The summed E-state index contributed by atoms with van der Waals surface area (Å²) in [6.45, 7) is -0.507. The third kappa shape index (κ3) is 4.18. The van der Waals surface area contributed by atoms with Gasteiger partial charge in [0.15, 0.2) is 6.61 Å². The summed E-state index contributed by atoms with van der Waals surface area (Å²) in [5.41, 5.74) is 1.19. The van der Waals surface area contributed by atoms with Crippen LogP contribution >= 0.6 is 0 Å². The Morgan fingerprint density at radius 1 is 1.17 bits per heavy atom. The largest absolute Gasteiger partial charge is 0.482 e. The van der Waals surface area contributed by atoms with Crippen LogP contribution in [0.25, 0.3) is 0 Å². The Bertz CT molecular complexity index is 756. The topological polar surface area (TPSA) is 83.8 Å². The van der Waals surface area contributed by atoms with Gasteiger partial charge in [-0.15, -0.1) is 0 Å². The van der Waals surface area contributed by atoms with Crippen molar-refractivity contribution in [2.45, 2.75) is 0 Å². The van der Waals surface area contributed by atoms with E-state index in [1.165, 1.54) is 24.3 Å². The number of hydrogen-bond donors (Lipinski definition) is 2. The fourth-order valence-corrected chi connectivity index (χ4v) is 1.55. The molecule has 0 radical (unpaired) electrons. The quantitative estimate of drug-likeness (QED) is 0.364. The van der Waals surface area contributed by atoms with Crippen LogP contribution in [-0.2, 0) is 4.79 Å². The second-order valence-corrected chi connectivity index (χ2v) is 4.32. The molecular formula is C14H9F4N3O3. The summed E-state index contributed by atoms with van der Waals surface area (Å²) >= 11 is 0. The number of ether oxygens (including phenoxy) is 1. The fraction of sp³-hybridized carbons (Fsp3) is 0.0714. The second kappa shape index (κ2) is 7.40. The van der Waals surface area contributed by atoms with Gasteiger partial charge in [-0.25, -0.2) is 4.79 Å². The third-order valence-electron chi connectivity index (χ3n) is 2.63.